The lowest BCUT2D eigenvalue weighted by molar-refractivity contribution is -0.184. The van der Waals surface area contributed by atoms with Crippen molar-refractivity contribution in [1.82, 2.24) is 10.2 Å². The van der Waals surface area contributed by atoms with Gasteiger partial charge < -0.3 is 14.8 Å². The SMILES string of the molecule is CNCC1CCCN1C1CCC2(CC1)OCCO2. The second-order valence-corrected chi connectivity index (χ2v) is 5.93. The van der Waals surface area contributed by atoms with E-state index >= 15 is 0 Å². The molecule has 1 N–H and O–H groups in total. The maximum Gasteiger partial charge on any atom is 0.168 e. The quantitative estimate of drug-likeness (QED) is 0.824. The first-order chi connectivity index (χ1) is 8.83. The minimum atomic E-state index is -0.200. The molecule has 1 aliphatic carbocycles. The lowest BCUT2D eigenvalue weighted by Gasteiger charge is -2.41. The van der Waals surface area contributed by atoms with Crippen LogP contribution in [0, 0.1) is 0 Å². The lowest BCUT2D eigenvalue weighted by atomic mass is 9.88. The summed E-state index contributed by atoms with van der Waals surface area (Å²) in [5.41, 5.74) is 0. The summed E-state index contributed by atoms with van der Waals surface area (Å²) >= 11 is 0. The minimum absolute atomic E-state index is 0.200. The van der Waals surface area contributed by atoms with E-state index in [9.17, 15) is 0 Å². The zero-order valence-corrected chi connectivity index (χ0v) is 11.5. The fourth-order valence-corrected chi connectivity index (χ4v) is 3.95. The van der Waals surface area contributed by atoms with Crippen LogP contribution in [0.3, 0.4) is 0 Å². The van der Waals surface area contributed by atoms with Crippen LogP contribution in [0.5, 0.6) is 0 Å². The van der Waals surface area contributed by atoms with Gasteiger partial charge >= 0.3 is 0 Å². The van der Waals surface area contributed by atoms with Gasteiger partial charge in [-0.25, -0.2) is 0 Å². The number of likely N-dealkylation sites (tertiary alicyclic amines) is 1. The zero-order valence-electron chi connectivity index (χ0n) is 11.5. The molecule has 3 fully saturated rings. The first-order valence-electron chi connectivity index (χ1n) is 7.51. The number of rotatable bonds is 3. The van der Waals surface area contributed by atoms with Gasteiger partial charge in [0.1, 0.15) is 0 Å². The Kier molecular flexibility index (Phi) is 3.89. The summed E-state index contributed by atoms with van der Waals surface area (Å²) in [4.78, 5) is 2.73. The monoisotopic (exact) mass is 254 g/mol. The number of likely N-dealkylation sites (N-methyl/N-ethyl adjacent to an activating group) is 1. The smallest absolute Gasteiger partial charge is 0.168 e. The molecule has 18 heavy (non-hydrogen) atoms. The molecule has 2 heterocycles. The standard InChI is InChI=1S/C14H26N2O2/c1-15-11-13-3-2-8-16(13)12-4-6-14(7-5-12)17-9-10-18-14/h12-13,15H,2-11H2,1H3. The van der Waals surface area contributed by atoms with Gasteiger partial charge in [0.25, 0.3) is 0 Å². The van der Waals surface area contributed by atoms with E-state index in [1.165, 1.54) is 32.2 Å². The van der Waals surface area contributed by atoms with Crippen LogP contribution in [0.25, 0.3) is 0 Å². The van der Waals surface area contributed by atoms with Gasteiger partial charge in [-0.3, -0.25) is 4.90 Å². The Morgan fingerprint density at radius 2 is 1.89 bits per heavy atom. The van der Waals surface area contributed by atoms with Crippen molar-refractivity contribution in [1.29, 1.82) is 0 Å². The Hall–Kier alpha value is -0.160. The van der Waals surface area contributed by atoms with E-state index in [0.29, 0.717) is 0 Å². The van der Waals surface area contributed by atoms with Crippen LogP contribution in [0.15, 0.2) is 0 Å². The average Bonchev–Trinajstić information content (AvgIpc) is 3.02. The van der Waals surface area contributed by atoms with Crippen molar-refractivity contribution in [3.8, 4) is 0 Å². The molecule has 104 valence electrons. The van der Waals surface area contributed by atoms with Crippen molar-refractivity contribution >= 4 is 0 Å². The molecule has 0 aromatic heterocycles. The van der Waals surface area contributed by atoms with E-state index in [1.54, 1.807) is 0 Å². The van der Waals surface area contributed by atoms with Crippen LogP contribution in [-0.4, -0.2) is 56.1 Å². The molecule has 0 aromatic carbocycles. The average molecular weight is 254 g/mol. The Morgan fingerprint density at radius 1 is 1.17 bits per heavy atom. The molecule has 2 saturated heterocycles. The Bertz CT molecular complexity index is 269. The molecule has 2 aliphatic heterocycles. The number of ether oxygens (including phenoxy) is 2. The molecule has 1 spiro atoms. The van der Waals surface area contributed by atoms with Crippen LogP contribution >= 0.6 is 0 Å². The fourth-order valence-electron chi connectivity index (χ4n) is 3.95. The highest BCUT2D eigenvalue weighted by Crippen LogP contribution is 2.38. The maximum atomic E-state index is 5.81. The molecule has 0 aromatic rings. The van der Waals surface area contributed by atoms with E-state index in [4.69, 9.17) is 9.47 Å². The zero-order chi connectivity index (χ0) is 12.4. The number of nitrogens with one attached hydrogen (secondary N) is 1. The summed E-state index contributed by atoms with van der Waals surface area (Å²) in [5.74, 6) is -0.200. The maximum absolute atomic E-state index is 5.81. The van der Waals surface area contributed by atoms with Gasteiger partial charge in [0.05, 0.1) is 13.2 Å². The molecule has 0 bridgehead atoms. The first kappa shape index (κ1) is 12.9. The van der Waals surface area contributed by atoms with Gasteiger partial charge in [-0.2, -0.15) is 0 Å². The van der Waals surface area contributed by atoms with Gasteiger partial charge in [0.15, 0.2) is 5.79 Å². The fraction of sp³-hybridized carbons (Fsp3) is 1.00. The summed E-state index contributed by atoms with van der Waals surface area (Å²) < 4.78 is 11.6. The normalized spacial score (nSPS) is 33.5. The summed E-state index contributed by atoms with van der Waals surface area (Å²) in [5, 5.41) is 3.34. The van der Waals surface area contributed by atoms with E-state index in [1.807, 2.05) is 0 Å². The number of hydrogen-bond acceptors (Lipinski definition) is 4. The third-order valence-electron chi connectivity index (χ3n) is 4.86. The molecular formula is C14H26N2O2. The van der Waals surface area contributed by atoms with Gasteiger partial charge in [-0.05, 0) is 39.3 Å². The Balaban J connectivity index is 1.55. The molecular weight excluding hydrogens is 228 g/mol. The van der Waals surface area contributed by atoms with Crippen molar-refractivity contribution in [2.75, 3.05) is 33.4 Å². The van der Waals surface area contributed by atoms with Crippen LogP contribution in [-0.2, 0) is 9.47 Å². The van der Waals surface area contributed by atoms with E-state index in [-0.39, 0.29) is 5.79 Å². The van der Waals surface area contributed by atoms with Crippen molar-refractivity contribution in [3.63, 3.8) is 0 Å². The van der Waals surface area contributed by atoms with E-state index in [2.05, 4.69) is 17.3 Å². The van der Waals surface area contributed by atoms with Crippen LogP contribution in [0.1, 0.15) is 38.5 Å². The first-order valence-corrected chi connectivity index (χ1v) is 7.51. The van der Waals surface area contributed by atoms with Gasteiger partial charge in [-0.1, -0.05) is 0 Å². The second-order valence-electron chi connectivity index (χ2n) is 5.93. The van der Waals surface area contributed by atoms with Crippen LogP contribution < -0.4 is 5.32 Å². The summed E-state index contributed by atoms with van der Waals surface area (Å²) in [6.07, 6.45) is 7.36. The largest absolute Gasteiger partial charge is 0.348 e. The van der Waals surface area contributed by atoms with Crippen LogP contribution in [0.4, 0.5) is 0 Å². The second kappa shape index (κ2) is 5.45. The van der Waals surface area contributed by atoms with Gasteiger partial charge in [0.2, 0.25) is 0 Å². The molecule has 4 nitrogen and oxygen atoms in total. The van der Waals surface area contributed by atoms with Gasteiger partial charge in [-0.15, -0.1) is 0 Å². The van der Waals surface area contributed by atoms with Crippen molar-refractivity contribution in [2.24, 2.45) is 0 Å². The molecule has 4 heteroatoms. The highest BCUT2D eigenvalue weighted by atomic mass is 16.7. The molecule has 1 saturated carbocycles. The molecule has 0 radical (unpaired) electrons. The van der Waals surface area contributed by atoms with E-state index in [0.717, 1.165) is 44.7 Å². The predicted octanol–water partition coefficient (Wildman–Crippen LogP) is 1.36. The summed E-state index contributed by atoms with van der Waals surface area (Å²) in [7, 11) is 2.06. The molecule has 1 unspecified atom stereocenters. The molecule has 3 rings (SSSR count). The highest BCUT2D eigenvalue weighted by molar-refractivity contribution is 4.91. The lowest BCUT2D eigenvalue weighted by Crippen LogP contribution is -2.48. The predicted molar refractivity (Wildman–Crippen MR) is 70.5 cm³/mol. The van der Waals surface area contributed by atoms with E-state index < -0.39 is 0 Å². The van der Waals surface area contributed by atoms with Crippen LogP contribution in [0.2, 0.25) is 0 Å². The van der Waals surface area contributed by atoms with Gasteiger partial charge in [0, 0.05) is 31.5 Å². The molecule has 3 aliphatic rings. The highest BCUT2D eigenvalue weighted by Gasteiger charge is 2.42. The number of hydrogen-bond donors (Lipinski definition) is 1. The third kappa shape index (κ3) is 2.44. The van der Waals surface area contributed by atoms with Crippen molar-refractivity contribution in [3.05, 3.63) is 0 Å². The number of nitrogens with zero attached hydrogens (tertiary/aromatic N) is 1. The summed E-state index contributed by atoms with van der Waals surface area (Å²) in [6, 6.07) is 1.50. The Labute approximate surface area is 110 Å². The molecule has 1 atom stereocenters. The molecule has 0 amide bonds. The van der Waals surface area contributed by atoms with Crippen molar-refractivity contribution < 1.29 is 9.47 Å². The topological polar surface area (TPSA) is 33.7 Å². The third-order valence-corrected chi connectivity index (χ3v) is 4.86. The minimum Gasteiger partial charge on any atom is -0.348 e. The summed E-state index contributed by atoms with van der Waals surface area (Å²) in [6.45, 7) is 3.99. The Morgan fingerprint density at radius 3 is 2.56 bits per heavy atom. The van der Waals surface area contributed by atoms with Crippen molar-refractivity contribution in [2.45, 2.75) is 56.4 Å².